The van der Waals surface area contributed by atoms with Crippen LogP contribution < -0.4 is 18.9 Å². The number of Topliss-reactive ketones (excluding diaryl/α,β-unsaturated/α-hetero) is 1. The molecule has 0 aliphatic carbocycles. The van der Waals surface area contributed by atoms with Crippen molar-refractivity contribution in [3.8, 4) is 23.0 Å². The van der Waals surface area contributed by atoms with E-state index in [0.29, 0.717) is 34.1 Å². The van der Waals surface area contributed by atoms with Crippen molar-refractivity contribution < 1.29 is 28.5 Å². The third-order valence-corrected chi connectivity index (χ3v) is 6.60. The minimum Gasteiger partial charge on any atom is -0.496 e. The van der Waals surface area contributed by atoms with Crippen LogP contribution in [0.3, 0.4) is 0 Å². The Morgan fingerprint density at radius 1 is 0.921 bits per heavy atom. The first-order valence-electron chi connectivity index (χ1n) is 12.2. The molecule has 0 N–H and O–H groups in total. The second kappa shape index (κ2) is 9.86. The number of methoxy groups -OCH3 is 1. The monoisotopic (exact) mass is 505 g/mol. The summed E-state index contributed by atoms with van der Waals surface area (Å²) in [5, 5.41) is 0. The second-order valence-corrected chi connectivity index (χ2v) is 8.91. The van der Waals surface area contributed by atoms with Crippen molar-refractivity contribution in [2.75, 3.05) is 7.11 Å². The average Bonchev–Trinajstić information content (AvgIpc) is 3.27. The van der Waals surface area contributed by atoms with Gasteiger partial charge in [-0.1, -0.05) is 42.5 Å². The van der Waals surface area contributed by atoms with Gasteiger partial charge in [0.15, 0.2) is 5.76 Å². The average molecular weight is 506 g/mol. The molecule has 0 amide bonds. The van der Waals surface area contributed by atoms with Crippen molar-refractivity contribution >= 4 is 17.8 Å². The zero-order valence-corrected chi connectivity index (χ0v) is 20.5. The minimum atomic E-state index is -0.431. The molecule has 7 heteroatoms. The summed E-state index contributed by atoms with van der Waals surface area (Å²) >= 11 is 0. The lowest BCUT2D eigenvalue weighted by molar-refractivity contribution is -0.135. The highest BCUT2D eigenvalue weighted by molar-refractivity contribution is 6.15. The van der Waals surface area contributed by atoms with E-state index in [2.05, 4.69) is 4.98 Å². The molecule has 1 aromatic heterocycles. The van der Waals surface area contributed by atoms with Gasteiger partial charge in [0.2, 0.25) is 5.78 Å². The summed E-state index contributed by atoms with van der Waals surface area (Å²) < 4.78 is 23.3. The molecule has 38 heavy (non-hydrogen) atoms. The van der Waals surface area contributed by atoms with Crippen molar-refractivity contribution in [1.29, 1.82) is 0 Å². The Kier molecular flexibility index (Phi) is 6.09. The van der Waals surface area contributed by atoms with Gasteiger partial charge in [-0.25, -0.2) is 0 Å². The van der Waals surface area contributed by atoms with Crippen molar-refractivity contribution in [2.45, 2.75) is 18.9 Å². The van der Waals surface area contributed by atoms with Crippen LogP contribution in [0.5, 0.6) is 23.0 Å². The van der Waals surface area contributed by atoms with Crippen LogP contribution in [-0.4, -0.2) is 23.8 Å². The van der Waals surface area contributed by atoms with E-state index >= 15 is 0 Å². The van der Waals surface area contributed by atoms with Gasteiger partial charge < -0.3 is 18.9 Å². The van der Waals surface area contributed by atoms with Crippen LogP contribution in [0.2, 0.25) is 0 Å². The van der Waals surface area contributed by atoms with E-state index in [1.54, 1.807) is 31.5 Å². The van der Waals surface area contributed by atoms with E-state index in [1.165, 1.54) is 0 Å². The maximum absolute atomic E-state index is 13.3. The van der Waals surface area contributed by atoms with E-state index in [4.69, 9.17) is 18.9 Å². The molecule has 0 spiro atoms. The lowest BCUT2D eigenvalue weighted by atomic mass is 9.84. The third kappa shape index (κ3) is 4.28. The highest BCUT2D eigenvalue weighted by Gasteiger charge is 2.39. The van der Waals surface area contributed by atoms with Crippen LogP contribution >= 0.6 is 0 Å². The number of ketones is 1. The molecular weight excluding hydrogens is 482 g/mol. The number of esters is 1. The molecule has 2 aliphatic heterocycles. The van der Waals surface area contributed by atoms with Crippen LogP contribution in [0.4, 0.5) is 0 Å². The fraction of sp³-hybridized carbons (Fsp3) is 0.129. The van der Waals surface area contributed by atoms with Crippen molar-refractivity contribution in [2.24, 2.45) is 0 Å². The van der Waals surface area contributed by atoms with Crippen LogP contribution in [0.15, 0.2) is 90.8 Å². The summed E-state index contributed by atoms with van der Waals surface area (Å²) in [6.45, 7) is 0.273. The zero-order valence-electron chi connectivity index (χ0n) is 20.5. The molecule has 2 aliphatic rings. The summed E-state index contributed by atoms with van der Waals surface area (Å²) in [5.41, 5.74) is 3.36. The summed E-state index contributed by atoms with van der Waals surface area (Å²) in [5.74, 6) is 1.14. The van der Waals surface area contributed by atoms with Crippen LogP contribution in [-0.2, 0) is 11.4 Å². The highest BCUT2D eigenvalue weighted by atomic mass is 16.5. The number of allylic oxidation sites excluding steroid dienone is 1. The number of pyridine rings is 1. The Bertz CT molecular complexity index is 1580. The summed E-state index contributed by atoms with van der Waals surface area (Å²) in [4.78, 5) is 30.3. The van der Waals surface area contributed by atoms with E-state index in [1.807, 2.05) is 66.7 Å². The molecule has 0 saturated heterocycles. The number of fused-ring (bicyclic) bond motifs is 3. The first-order valence-corrected chi connectivity index (χ1v) is 12.2. The summed E-state index contributed by atoms with van der Waals surface area (Å²) in [7, 11) is 1.58. The molecule has 3 heterocycles. The number of nitrogens with zero attached hydrogens (tertiary/aromatic N) is 1. The number of ether oxygens (including phenoxy) is 4. The maximum Gasteiger partial charge on any atom is 0.312 e. The SMILES string of the molecule is COc1ccccc1C=C1Oc2c(ccc3c2C(c2ccccc2OCc2ccccn2)CC(=O)O3)C1=O. The summed E-state index contributed by atoms with van der Waals surface area (Å²) in [6, 6.07) is 23.9. The van der Waals surface area contributed by atoms with Crippen molar-refractivity contribution in [1.82, 2.24) is 4.98 Å². The van der Waals surface area contributed by atoms with Crippen LogP contribution in [0, 0.1) is 0 Å². The van der Waals surface area contributed by atoms with Crippen molar-refractivity contribution in [3.63, 3.8) is 0 Å². The molecule has 1 unspecified atom stereocenters. The number of hydrogen-bond donors (Lipinski definition) is 0. The predicted molar refractivity (Wildman–Crippen MR) is 139 cm³/mol. The third-order valence-electron chi connectivity index (χ3n) is 6.60. The van der Waals surface area contributed by atoms with E-state index in [9.17, 15) is 9.59 Å². The van der Waals surface area contributed by atoms with Gasteiger partial charge >= 0.3 is 5.97 Å². The van der Waals surface area contributed by atoms with Gasteiger partial charge in [-0.3, -0.25) is 14.6 Å². The quantitative estimate of drug-likeness (QED) is 0.188. The number of benzene rings is 3. The standard InChI is InChI=1S/C31H23NO6/c1-35-24-11-4-2-8-19(24)16-27-30(34)22-13-14-26-29(31(22)38-27)23(17-28(33)37-26)21-10-3-5-12-25(21)36-18-20-9-6-7-15-32-20/h2-16,23H,17-18H2,1H3. The molecular formula is C31H23NO6. The van der Waals surface area contributed by atoms with Gasteiger partial charge in [-0.15, -0.1) is 0 Å². The Balaban J connectivity index is 1.40. The number of para-hydroxylation sites is 2. The van der Waals surface area contributed by atoms with Gasteiger partial charge in [-0.2, -0.15) is 0 Å². The van der Waals surface area contributed by atoms with Gasteiger partial charge in [0.25, 0.3) is 0 Å². The van der Waals surface area contributed by atoms with E-state index in [0.717, 1.165) is 16.8 Å². The molecule has 6 rings (SSSR count). The highest BCUT2D eigenvalue weighted by Crippen LogP contribution is 2.50. The summed E-state index contributed by atoms with van der Waals surface area (Å²) in [6.07, 6.45) is 3.46. The Hall–Kier alpha value is -4.91. The second-order valence-electron chi connectivity index (χ2n) is 8.91. The van der Waals surface area contributed by atoms with Crippen LogP contribution in [0.25, 0.3) is 6.08 Å². The molecule has 4 aromatic rings. The molecule has 188 valence electrons. The number of aromatic nitrogens is 1. The molecule has 0 bridgehead atoms. The first kappa shape index (κ1) is 23.5. The van der Waals surface area contributed by atoms with Crippen LogP contribution in [0.1, 0.15) is 45.1 Å². The largest absolute Gasteiger partial charge is 0.496 e. The number of rotatable bonds is 6. The van der Waals surface area contributed by atoms with Gasteiger partial charge in [0.1, 0.15) is 29.6 Å². The lowest BCUT2D eigenvalue weighted by Crippen LogP contribution is -2.22. The van der Waals surface area contributed by atoms with Gasteiger partial charge in [0.05, 0.1) is 24.8 Å². The Labute approximate surface area is 219 Å². The molecule has 0 fully saturated rings. The zero-order chi connectivity index (χ0) is 26.1. The molecule has 0 saturated carbocycles. The smallest absolute Gasteiger partial charge is 0.312 e. The first-order chi connectivity index (χ1) is 18.6. The minimum absolute atomic E-state index is 0.0799. The topological polar surface area (TPSA) is 83.9 Å². The Morgan fingerprint density at radius 2 is 1.71 bits per heavy atom. The van der Waals surface area contributed by atoms with E-state index < -0.39 is 5.92 Å². The van der Waals surface area contributed by atoms with E-state index in [-0.39, 0.29) is 30.5 Å². The van der Waals surface area contributed by atoms with Crippen molar-refractivity contribution in [3.05, 3.63) is 119 Å². The molecule has 7 nitrogen and oxygen atoms in total. The fourth-order valence-corrected chi connectivity index (χ4v) is 4.83. The molecule has 3 aromatic carbocycles. The maximum atomic E-state index is 13.3. The normalized spacial score (nSPS) is 16.9. The lowest BCUT2D eigenvalue weighted by Gasteiger charge is -2.27. The van der Waals surface area contributed by atoms with Gasteiger partial charge in [0, 0.05) is 28.8 Å². The predicted octanol–water partition coefficient (Wildman–Crippen LogP) is 5.73. The van der Waals surface area contributed by atoms with Gasteiger partial charge in [-0.05, 0) is 42.5 Å². The fourth-order valence-electron chi connectivity index (χ4n) is 4.83. The number of hydrogen-bond acceptors (Lipinski definition) is 7. The molecule has 0 radical (unpaired) electrons. The molecule has 1 atom stereocenters. The Morgan fingerprint density at radius 3 is 2.53 bits per heavy atom. The number of carbonyl (C=O) groups excluding carboxylic acids is 2. The number of carbonyl (C=O) groups is 2.